The molecule has 2 aromatic rings. The maximum atomic E-state index is 12.4. The van der Waals surface area contributed by atoms with Crippen LogP contribution >= 0.6 is 0 Å². The first-order chi connectivity index (χ1) is 11.9. The number of nitrogen functional groups attached to an aromatic ring is 1. The number of nitrogens with two attached hydrogens (primary N) is 1. The fourth-order valence-electron chi connectivity index (χ4n) is 2.87. The summed E-state index contributed by atoms with van der Waals surface area (Å²) in [6, 6.07) is 5.72. The predicted octanol–water partition coefficient (Wildman–Crippen LogP) is 0.0227. The number of hydrogen-bond acceptors (Lipinski definition) is 6. The van der Waals surface area contributed by atoms with Gasteiger partial charge in [0, 0.05) is 12.1 Å². The molecule has 0 aliphatic carbocycles. The molecule has 126 valence electrons. The van der Waals surface area contributed by atoms with E-state index in [2.05, 4.69) is 10.6 Å². The summed E-state index contributed by atoms with van der Waals surface area (Å²) in [5, 5.41) is 4.79. The highest BCUT2D eigenvalue weighted by Gasteiger charge is 2.32. The molecule has 4 rings (SSSR count). The molecule has 0 saturated carbocycles. The number of benzene rings is 1. The number of rotatable bonds is 1. The molecule has 0 spiro atoms. The van der Waals surface area contributed by atoms with E-state index in [1.165, 1.54) is 6.07 Å². The summed E-state index contributed by atoms with van der Waals surface area (Å²) in [5.74, 6) is -1.34. The zero-order valence-electron chi connectivity index (χ0n) is 13.0. The van der Waals surface area contributed by atoms with Gasteiger partial charge in [-0.1, -0.05) is 0 Å². The van der Waals surface area contributed by atoms with Crippen molar-refractivity contribution in [2.24, 2.45) is 0 Å². The monoisotopic (exact) mass is 340 g/mol. The van der Waals surface area contributed by atoms with E-state index in [4.69, 9.17) is 10.5 Å². The van der Waals surface area contributed by atoms with Gasteiger partial charge in [-0.25, -0.2) is 0 Å². The number of nitrogens with one attached hydrogen (secondary N) is 2. The van der Waals surface area contributed by atoms with Crippen molar-refractivity contribution in [3.05, 3.63) is 45.7 Å². The number of imide groups is 1. The number of amides is 3. The van der Waals surface area contributed by atoms with Crippen molar-refractivity contribution in [3.8, 4) is 11.4 Å². The maximum absolute atomic E-state index is 12.4. The summed E-state index contributed by atoms with van der Waals surface area (Å²) in [7, 11) is 0. The minimum atomic E-state index is -0.680. The molecule has 2 aliphatic heterocycles. The van der Waals surface area contributed by atoms with Crippen LogP contribution in [0.2, 0.25) is 0 Å². The summed E-state index contributed by atoms with van der Waals surface area (Å²) in [4.78, 5) is 47.6. The molecule has 1 aromatic heterocycles. The van der Waals surface area contributed by atoms with E-state index in [1.54, 1.807) is 19.1 Å². The van der Waals surface area contributed by atoms with Gasteiger partial charge in [-0.3, -0.25) is 29.1 Å². The lowest BCUT2D eigenvalue weighted by molar-refractivity contribution is -0.122. The largest absolute Gasteiger partial charge is 0.479 e. The molecule has 1 unspecified atom stereocenters. The normalized spacial score (nSPS) is 18.1. The van der Waals surface area contributed by atoms with E-state index >= 15 is 0 Å². The van der Waals surface area contributed by atoms with Gasteiger partial charge in [0.1, 0.15) is 11.6 Å². The van der Waals surface area contributed by atoms with Crippen LogP contribution < -0.4 is 26.7 Å². The lowest BCUT2D eigenvalue weighted by Crippen LogP contribution is -2.34. The van der Waals surface area contributed by atoms with E-state index in [-0.39, 0.29) is 22.9 Å². The lowest BCUT2D eigenvalue weighted by atomic mass is 10.1. The molecule has 3 amide bonds. The summed E-state index contributed by atoms with van der Waals surface area (Å²) >= 11 is 0. The highest BCUT2D eigenvalue weighted by Crippen LogP contribution is 2.32. The third-order valence-corrected chi connectivity index (χ3v) is 4.11. The minimum absolute atomic E-state index is 0.0371. The number of fused-ring (bicyclic) bond motifs is 2. The lowest BCUT2D eigenvalue weighted by Gasteiger charge is -2.24. The Morgan fingerprint density at radius 3 is 2.60 bits per heavy atom. The van der Waals surface area contributed by atoms with E-state index in [1.807, 2.05) is 0 Å². The highest BCUT2D eigenvalue weighted by molar-refractivity contribution is 6.23. The molecule has 0 fully saturated rings. The molecule has 4 N–H and O–H groups in total. The number of anilines is 2. The Balaban J connectivity index is 1.90. The van der Waals surface area contributed by atoms with Crippen molar-refractivity contribution in [3.63, 3.8) is 0 Å². The first kappa shape index (κ1) is 14.9. The second-order valence-electron chi connectivity index (χ2n) is 5.70. The fourth-order valence-corrected chi connectivity index (χ4v) is 2.87. The van der Waals surface area contributed by atoms with Crippen LogP contribution in [0, 0.1) is 0 Å². The molecule has 1 aromatic carbocycles. The standard InChI is InChI=1S/C16H12N4O5/c1-6-14(22)18-9-3-2-7(4-10(9)25-6)20-11(21)5-8-12(13(20)17)16(24)19-15(8)23/h2-6H,17H2,1H3,(H,18,22)(H,19,23,24). The van der Waals surface area contributed by atoms with Crippen molar-refractivity contribution >= 4 is 29.2 Å². The number of nitrogens with zero attached hydrogens (tertiary/aromatic N) is 1. The minimum Gasteiger partial charge on any atom is -0.479 e. The summed E-state index contributed by atoms with van der Waals surface area (Å²) < 4.78 is 6.63. The quantitative estimate of drug-likeness (QED) is 0.627. The SMILES string of the molecule is CC1Oc2cc(-n3c(N)c4c(cc3=O)C(=O)NC4=O)ccc2NC1=O. The smallest absolute Gasteiger partial charge is 0.265 e. The number of aromatic nitrogens is 1. The van der Waals surface area contributed by atoms with Crippen LogP contribution in [0.25, 0.3) is 5.69 Å². The fraction of sp³-hybridized carbons (Fsp3) is 0.125. The summed E-state index contributed by atoms with van der Waals surface area (Å²) in [6.45, 7) is 1.59. The Kier molecular flexibility index (Phi) is 2.95. The van der Waals surface area contributed by atoms with E-state index in [0.29, 0.717) is 17.1 Å². The molecule has 9 nitrogen and oxygen atoms in total. The molecule has 3 heterocycles. The first-order valence-corrected chi connectivity index (χ1v) is 7.40. The van der Waals surface area contributed by atoms with Crippen LogP contribution in [0.1, 0.15) is 27.6 Å². The third-order valence-electron chi connectivity index (χ3n) is 4.11. The van der Waals surface area contributed by atoms with Gasteiger partial charge in [-0.05, 0) is 19.1 Å². The number of hydrogen-bond donors (Lipinski definition) is 3. The van der Waals surface area contributed by atoms with Gasteiger partial charge in [-0.15, -0.1) is 0 Å². The third kappa shape index (κ3) is 2.09. The predicted molar refractivity (Wildman–Crippen MR) is 87.0 cm³/mol. The molecule has 0 saturated heterocycles. The van der Waals surface area contributed by atoms with Gasteiger partial charge < -0.3 is 15.8 Å². The molecule has 2 aliphatic rings. The zero-order chi connectivity index (χ0) is 17.9. The van der Waals surface area contributed by atoms with Crippen LogP contribution in [0.3, 0.4) is 0 Å². The van der Waals surface area contributed by atoms with Gasteiger partial charge in [0.25, 0.3) is 23.3 Å². The van der Waals surface area contributed by atoms with Crippen LogP contribution in [-0.2, 0) is 4.79 Å². The van der Waals surface area contributed by atoms with E-state index in [9.17, 15) is 19.2 Å². The Bertz CT molecular complexity index is 1040. The Morgan fingerprint density at radius 2 is 1.84 bits per heavy atom. The van der Waals surface area contributed by atoms with Crippen molar-refractivity contribution in [1.82, 2.24) is 9.88 Å². The molecule has 25 heavy (non-hydrogen) atoms. The second kappa shape index (κ2) is 4.94. The summed E-state index contributed by atoms with van der Waals surface area (Å²) in [6.07, 6.45) is -0.680. The Labute approximate surface area is 140 Å². The van der Waals surface area contributed by atoms with Gasteiger partial charge in [-0.2, -0.15) is 0 Å². The number of carbonyl (C=O) groups is 3. The van der Waals surface area contributed by atoms with Crippen LogP contribution in [-0.4, -0.2) is 28.4 Å². The molecular formula is C16H12N4O5. The first-order valence-electron chi connectivity index (χ1n) is 7.40. The van der Waals surface area contributed by atoms with Crippen LogP contribution in [0.5, 0.6) is 5.75 Å². The topological polar surface area (TPSA) is 133 Å². The maximum Gasteiger partial charge on any atom is 0.265 e. The average molecular weight is 340 g/mol. The van der Waals surface area contributed by atoms with E-state index in [0.717, 1.165) is 10.6 Å². The molecule has 9 heteroatoms. The van der Waals surface area contributed by atoms with Gasteiger partial charge in [0.05, 0.1) is 22.5 Å². The Hall–Kier alpha value is -3.62. The Morgan fingerprint density at radius 1 is 1.08 bits per heavy atom. The summed E-state index contributed by atoms with van der Waals surface area (Å²) in [5.41, 5.74) is 6.16. The number of ether oxygens (including phenoxy) is 1. The van der Waals surface area contributed by atoms with Crippen molar-refractivity contribution in [2.75, 3.05) is 11.1 Å². The molecule has 0 bridgehead atoms. The van der Waals surface area contributed by atoms with Gasteiger partial charge in [0.2, 0.25) is 0 Å². The van der Waals surface area contributed by atoms with Crippen LogP contribution in [0.4, 0.5) is 11.5 Å². The highest BCUT2D eigenvalue weighted by atomic mass is 16.5. The van der Waals surface area contributed by atoms with Crippen LogP contribution in [0.15, 0.2) is 29.1 Å². The average Bonchev–Trinajstić information content (AvgIpc) is 2.83. The van der Waals surface area contributed by atoms with E-state index < -0.39 is 23.5 Å². The number of carbonyl (C=O) groups excluding carboxylic acids is 3. The van der Waals surface area contributed by atoms with Gasteiger partial charge >= 0.3 is 0 Å². The van der Waals surface area contributed by atoms with Crippen molar-refractivity contribution in [2.45, 2.75) is 13.0 Å². The zero-order valence-corrected chi connectivity index (χ0v) is 13.0. The molecular weight excluding hydrogens is 328 g/mol. The molecule has 0 radical (unpaired) electrons. The van der Waals surface area contributed by atoms with Crippen molar-refractivity contribution in [1.29, 1.82) is 0 Å². The van der Waals surface area contributed by atoms with Gasteiger partial charge in [0.15, 0.2) is 6.10 Å². The second-order valence-corrected chi connectivity index (χ2v) is 5.70. The molecule has 1 atom stereocenters. The number of pyridine rings is 1. The van der Waals surface area contributed by atoms with Crippen molar-refractivity contribution < 1.29 is 19.1 Å².